The van der Waals surface area contributed by atoms with Crippen LogP contribution in [0.15, 0.2) is 71.9 Å². The molecule has 24 nitrogen and oxygen atoms in total. The van der Waals surface area contributed by atoms with Crippen molar-refractivity contribution in [2.24, 2.45) is 7.05 Å². The van der Waals surface area contributed by atoms with E-state index >= 15 is 0 Å². The van der Waals surface area contributed by atoms with Crippen molar-refractivity contribution in [1.29, 1.82) is 0 Å². The molecule has 26 heteroatoms. The van der Waals surface area contributed by atoms with Gasteiger partial charge in [0.25, 0.3) is 35.1 Å². The summed E-state index contributed by atoms with van der Waals surface area (Å²) in [5.41, 5.74) is 1.29. The summed E-state index contributed by atoms with van der Waals surface area (Å²) in [5.74, 6) is -3.52. The van der Waals surface area contributed by atoms with Crippen molar-refractivity contribution < 1.29 is 47.8 Å². The fourth-order valence-electron chi connectivity index (χ4n) is 9.30. The van der Waals surface area contributed by atoms with Gasteiger partial charge in [-0.25, -0.2) is 9.97 Å². The van der Waals surface area contributed by atoms with Crippen LogP contribution in [0.3, 0.4) is 0 Å². The maximum absolute atomic E-state index is 14.6. The monoisotopic (exact) mass is 1080 g/mol. The molecule has 76 heavy (non-hydrogen) atoms. The zero-order valence-electron chi connectivity index (χ0n) is 41.2. The summed E-state index contributed by atoms with van der Waals surface area (Å²) >= 11 is 12.8. The van der Waals surface area contributed by atoms with Crippen LogP contribution < -0.4 is 40.6 Å². The molecule has 3 aliphatic heterocycles. The van der Waals surface area contributed by atoms with Crippen molar-refractivity contribution in [2.75, 3.05) is 38.8 Å². The molecule has 0 radical (unpaired) electrons. The zero-order valence-corrected chi connectivity index (χ0v) is 42.7. The van der Waals surface area contributed by atoms with Crippen molar-refractivity contribution in [3.8, 4) is 29.0 Å². The topological polar surface area (TPSA) is 286 Å². The Morgan fingerprint density at radius 1 is 0.816 bits per heavy atom. The van der Waals surface area contributed by atoms with Crippen LogP contribution in [0.2, 0.25) is 10.0 Å². The maximum Gasteiger partial charge on any atom is 0.319 e. The number of piperidine rings is 1. The smallest absolute Gasteiger partial charge is 0.319 e. The summed E-state index contributed by atoms with van der Waals surface area (Å²) in [6, 6.07) is 10.9. The van der Waals surface area contributed by atoms with Gasteiger partial charge in [-0.05, 0) is 61.6 Å². The molecule has 0 saturated carbocycles. The number of anilines is 1. The largest absolute Gasteiger partial charge is 0.483 e. The average Bonchev–Trinajstić information content (AvgIpc) is 4.21. The Labute approximate surface area is 442 Å². The van der Waals surface area contributed by atoms with Crippen molar-refractivity contribution >= 4 is 70.2 Å². The van der Waals surface area contributed by atoms with E-state index in [1.165, 1.54) is 71.2 Å². The minimum Gasteiger partial charge on any atom is -0.483 e. The van der Waals surface area contributed by atoms with Crippen LogP contribution >= 0.6 is 23.2 Å². The SMILES string of the molecule is COc1ncc(-c2nc3c(n2CCCn2cc(C(=O)NCCCCCCNC(=O)COc4cccc5c4C(=O)N(C4CCC(=O)NC4=O)C5=O)nn2)[C@H](c2ccc(Cl)cc2)N(c2cc(Cl)cn(C)c2=O)C3=O)c(OC)n1. The van der Waals surface area contributed by atoms with E-state index in [-0.39, 0.29) is 70.3 Å². The number of benzene rings is 2. The van der Waals surface area contributed by atoms with Gasteiger partial charge in [0.15, 0.2) is 18.0 Å². The van der Waals surface area contributed by atoms with Crippen molar-refractivity contribution in [1.82, 2.24) is 59.9 Å². The highest BCUT2D eigenvalue weighted by Crippen LogP contribution is 2.44. The average molecular weight is 1080 g/mol. The fraction of sp³-hybridized carbons (Fsp3) is 0.340. The van der Waals surface area contributed by atoms with E-state index in [0.717, 1.165) is 17.7 Å². The number of hydrogen-bond acceptors (Lipinski definition) is 16. The van der Waals surface area contributed by atoms with Crippen LogP contribution in [0.1, 0.15) is 104 Å². The highest BCUT2D eigenvalue weighted by Gasteiger charge is 2.47. The number of pyridine rings is 1. The third-order valence-corrected chi connectivity index (χ3v) is 13.4. The molecule has 3 N–H and O–H groups in total. The predicted molar refractivity (Wildman–Crippen MR) is 270 cm³/mol. The molecule has 7 heterocycles. The molecule has 0 bridgehead atoms. The Kier molecular flexibility index (Phi) is 15.5. The Bertz CT molecular complexity index is 3360. The zero-order chi connectivity index (χ0) is 53.8. The molecular formula is C50H49Cl2N13O11. The van der Waals surface area contributed by atoms with Crippen LogP contribution in [-0.4, -0.2) is 125 Å². The van der Waals surface area contributed by atoms with Gasteiger partial charge in [-0.3, -0.25) is 58.2 Å². The van der Waals surface area contributed by atoms with E-state index in [0.29, 0.717) is 66.6 Å². The minimum atomic E-state index is -1.13. The normalized spacial score (nSPS) is 15.9. The van der Waals surface area contributed by atoms with Gasteiger partial charge < -0.3 is 34.0 Å². The van der Waals surface area contributed by atoms with Gasteiger partial charge in [0.05, 0.1) is 47.8 Å². The summed E-state index contributed by atoms with van der Waals surface area (Å²) in [6.07, 6.45) is 7.69. The van der Waals surface area contributed by atoms with E-state index in [1.54, 1.807) is 31.3 Å². The molecule has 1 saturated heterocycles. The standard InChI is InChI=1S/C50H49Cl2N13O11/c1-61-24-29(52)22-34(47(61)71)64-40(27-12-14-28(51)15-13-27)41-39(49(64)73)57-42(31-23-55-50(75-3)58-45(31)74-2)63(41)21-9-20-62-25-32(59-60-62)43(68)54-19-7-5-4-6-18-53-37(67)26-76-35-11-8-10-30-38(35)48(72)65(46(30)70)33-16-17-36(66)56-44(33)69/h8,10-15,22-25,33,40H,4-7,9,16-21,26H2,1-3H3,(H,53,67)(H,54,68)(H,56,66,69)/t33?,40-/m0/s1. The lowest BCUT2D eigenvalue weighted by Gasteiger charge is -2.27. The van der Waals surface area contributed by atoms with Crippen molar-refractivity contribution in [3.63, 3.8) is 0 Å². The molecule has 9 rings (SSSR count). The first-order chi connectivity index (χ1) is 36.7. The summed E-state index contributed by atoms with van der Waals surface area (Å²) < 4.78 is 21.2. The molecule has 3 aliphatic rings. The van der Waals surface area contributed by atoms with Gasteiger partial charge in [-0.1, -0.05) is 59.5 Å². The number of nitrogens with zero attached hydrogens (tertiary/aromatic N) is 10. The molecular weight excluding hydrogens is 1030 g/mol. The number of fused-ring (bicyclic) bond motifs is 2. The number of hydrogen-bond donors (Lipinski definition) is 3. The number of carbonyl (C=O) groups excluding carboxylic acids is 7. The van der Waals surface area contributed by atoms with Crippen LogP contribution in [0.4, 0.5) is 5.69 Å². The molecule has 6 aromatic rings. The molecule has 1 unspecified atom stereocenters. The van der Waals surface area contributed by atoms with Crippen LogP contribution in [0, 0.1) is 0 Å². The second kappa shape index (κ2) is 22.5. The number of nitrogens with one attached hydrogen (secondary N) is 3. The second-order valence-corrected chi connectivity index (χ2v) is 18.7. The number of imidazole rings is 1. The summed E-state index contributed by atoms with van der Waals surface area (Å²) in [6.45, 7) is 0.848. The molecule has 2 atom stereocenters. The molecule has 394 valence electrons. The van der Waals surface area contributed by atoms with Gasteiger partial charge >= 0.3 is 6.01 Å². The number of aryl methyl sites for hydroxylation is 2. The first-order valence-electron chi connectivity index (χ1n) is 24.1. The fourth-order valence-corrected chi connectivity index (χ4v) is 9.67. The van der Waals surface area contributed by atoms with E-state index in [4.69, 9.17) is 42.4 Å². The Morgan fingerprint density at radius 2 is 1.58 bits per heavy atom. The van der Waals surface area contributed by atoms with Gasteiger partial charge in [-0.15, -0.1) is 5.10 Å². The molecule has 1 fully saturated rings. The molecule has 0 spiro atoms. The second-order valence-electron chi connectivity index (χ2n) is 17.8. The van der Waals surface area contributed by atoms with Crippen LogP contribution in [-0.2, 0) is 34.5 Å². The molecule has 2 aromatic carbocycles. The van der Waals surface area contributed by atoms with Gasteiger partial charge in [0.1, 0.15) is 29.3 Å². The Morgan fingerprint density at radius 3 is 2.32 bits per heavy atom. The third-order valence-electron chi connectivity index (χ3n) is 12.9. The lowest BCUT2D eigenvalue weighted by Crippen LogP contribution is -2.54. The number of amides is 7. The predicted octanol–water partition coefficient (Wildman–Crippen LogP) is 3.68. The van der Waals surface area contributed by atoms with Crippen LogP contribution in [0.5, 0.6) is 17.6 Å². The van der Waals surface area contributed by atoms with E-state index in [1.807, 2.05) is 4.57 Å². The van der Waals surface area contributed by atoms with Gasteiger partial charge in [0.2, 0.25) is 17.7 Å². The number of unbranched alkanes of at least 4 members (excludes halogenated alkanes) is 3. The summed E-state index contributed by atoms with van der Waals surface area (Å²) in [5, 5.41) is 16.8. The molecule has 0 aliphatic carbocycles. The number of rotatable bonds is 21. The van der Waals surface area contributed by atoms with E-state index in [9.17, 15) is 38.4 Å². The highest BCUT2D eigenvalue weighted by molar-refractivity contribution is 6.31. The number of halogens is 2. The first kappa shape index (κ1) is 52.4. The van der Waals surface area contributed by atoms with E-state index in [2.05, 4.69) is 36.2 Å². The quantitative estimate of drug-likeness (QED) is 0.0685. The number of ether oxygens (including phenoxy) is 3. The Balaban J connectivity index is 0.776. The minimum absolute atomic E-state index is 0.0117. The maximum atomic E-state index is 14.6. The molecule has 7 amide bonds. The molecule has 4 aromatic heterocycles. The van der Waals surface area contributed by atoms with Crippen molar-refractivity contribution in [3.05, 3.63) is 121 Å². The van der Waals surface area contributed by atoms with Gasteiger partial charge in [-0.2, -0.15) is 4.98 Å². The Hall–Kier alpha value is -8.51. The van der Waals surface area contributed by atoms with Crippen molar-refractivity contribution in [2.45, 2.75) is 70.1 Å². The van der Waals surface area contributed by atoms with E-state index < -0.39 is 65.6 Å². The number of aromatic nitrogens is 8. The van der Waals surface area contributed by atoms with Gasteiger partial charge in [0, 0.05) is 57.1 Å². The summed E-state index contributed by atoms with van der Waals surface area (Å²) in [4.78, 5) is 120. The number of methoxy groups -OCH3 is 2. The first-order valence-corrected chi connectivity index (χ1v) is 24.9. The third kappa shape index (κ3) is 10.6. The number of imide groups is 2. The number of carbonyl (C=O) groups is 7. The summed E-state index contributed by atoms with van der Waals surface area (Å²) in [7, 11) is 4.41. The van der Waals surface area contributed by atoms with Crippen LogP contribution in [0.25, 0.3) is 11.4 Å². The lowest BCUT2D eigenvalue weighted by molar-refractivity contribution is -0.136. The highest BCUT2D eigenvalue weighted by atomic mass is 35.5. The lowest BCUT2D eigenvalue weighted by atomic mass is 10.0.